The van der Waals surface area contributed by atoms with Crippen molar-refractivity contribution < 1.29 is 31.1 Å². The minimum atomic E-state index is -5.31. The second kappa shape index (κ2) is 8.73. The molecule has 168 valence electrons. The molecule has 0 radical (unpaired) electrons. The molecule has 0 aliphatic heterocycles. The molecule has 0 aromatic carbocycles. The number of alkyl halides is 3. The first kappa shape index (κ1) is 22.8. The second-order valence-corrected chi connectivity index (χ2v) is 11.1. The lowest BCUT2D eigenvalue weighted by Gasteiger charge is -2.55. The van der Waals surface area contributed by atoms with Gasteiger partial charge in [0.05, 0.1) is 12.0 Å². The third-order valence-corrected chi connectivity index (χ3v) is 8.27. The summed E-state index contributed by atoms with van der Waals surface area (Å²) in [6.45, 7) is 1.97. The van der Waals surface area contributed by atoms with Crippen LogP contribution in [0.4, 0.5) is 13.2 Å². The Morgan fingerprint density at radius 1 is 1.07 bits per heavy atom. The molecule has 9 heteroatoms. The number of sulfonamides is 1. The van der Waals surface area contributed by atoms with Crippen LogP contribution in [0, 0.1) is 23.2 Å². The zero-order valence-corrected chi connectivity index (χ0v) is 17.8. The van der Waals surface area contributed by atoms with Crippen LogP contribution >= 0.6 is 0 Å². The summed E-state index contributed by atoms with van der Waals surface area (Å²) < 4.78 is 67.1. The van der Waals surface area contributed by atoms with Gasteiger partial charge in [0.1, 0.15) is 0 Å². The summed E-state index contributed by atoms with van der Waals surface area (Å²) in [6.07, 6.45) is 9.22. The molecule has 0 heterocycles. The van der Waals surface area contributed by atoms with Crippen LogP contribution in [0.15, 0.2) is 0 Å². The van der Waals surface area contributed by atoms with Gasteiger partial charge in [0.2, 0.25) is 0 Å². The summed E-state index contributed by atoms with van der Waals surface area (Å²) in [5.74, 6) is 1.99. The molecule has 4 rings (SSSR count). The molecule has 4 aliphatic carbocycles. The van der Waals surface area contributed by atoms with Crippen molar-refractivity contribution in [2.75, 3.05) is 6.61 Å². The average Bonchev–Trinajstić information content (AvgIpc) is 2.61. The smallest absolute Gasteiger partial charge is 0.465 e. The third-order valence-electron chi connectivity index (χ3n) is 7.02. The highest BCUT2D eigenvalue weighted by Crippen LogP contribution is 2.60. The topological polar surface area (TPSA) is 72.5 Å². The lowest BCUT2D eigenvalue weighted by molar-refractivity contribution is -0.171. The molecule has 1 N–H and O–H groups in total. The van der Waals surface area contributed by atoms with Crippen molar-refractivity contribution in [3.63, 3.8) is 0 Å². The minimum absolute atomic E-state index is 0.0547. The van der Waals surface area contributed by atoms with E-state index in [0.717, 1.165) is 19.3 Å². The van der Waals surface area contributed by atoms with E-state index in [-0.39, 0.29) is 17.8 Å². The number of hydrogen-bond acceptors (Lipinski definition) is 4. The summed E-state index contributed by atoms with van der Waals surface area (Å²) >= 11 is 0. The SMILES string of the molecule is CCC(CCCCCOC(=O)C12CC3CC(CC(C3)C1)C2)NS(=O)(=O)C(F)(F)F. The molecule has 4 saturated carbocycles. The predicted octanol–water partition coefficient (Wildman–Crippen LogP) is 4.52. The number of hydrogen-bond donors (Lipinski definition) is 1. The van der Waals surface area contributed by atoms with Gasteiger partial charge in [-0.25, -0.2) is 13.1 Å². The van der Waals surface area contributed by atoms with Crippen molar-refractivity contribution in [3.05, 3.63) is 0 Å². The van der Waals surface area contributed by atoms with Crippen LogP contribution in [0.1, 0.15) is 77.6 Å². The Labute approximate surface area is 171 Å². The first-order chi connectivity index (χ1) is 13.5. The maximum absolute atomic E-state index is 12.7. The number of ether oxygens (including phenoxy) is 1. The van der Waals surface area contributed by atoms with E-state index in [1.54, 1.807) is 11.6 Å². The highest BCUT2D eigenvalue weighted by atomic mass is 32.2. The van der Waals surface area contributed by atoms with Crippen LogP contribution < -0.4 is 4.72 Å². The fraction of sp³-hybridized carbons (Fsp3) is 0.950. The van der Waals surface area contributed by atoms with Crippen LogP contribution in [-0.4, -0.2) is 32.5 Å². The number of nitrogens with one attached hydrogen (secondary N) is 1. The van der Waals surface area contributed by atoms with E-state index in [1.807, 2.05) is 0 Å². The highest BCUT2D eigenvalue weighted by Gasteiger charge is 2.55. The Bertz CT molecular complexity index is 657. The molecule has 1 atom stereocenters. The number of halogens is 3. The molecule has 0 aromatic heterocycles. The molecule has 5 nitrogen and oxygen atoms in total. The van der Waals surface area contributed by atoms with Gasteiger partial charge >= 0.3 is 21.5 Å². The van der Waals surface area contributed by atoms with E-state index in [0.29, 0.717) is 50.0 Å². The molecule has 4 aliphatic rings. The van der Waals surface area contributed by atoms with Crippen LogP contribution in [0.5, 0.6) is 0 Å². The summed E-state index contributed by atoms with van der Waals surface area (Å²) in [6, 6.07) is -0.740. The third kappa shape index (κ3) is 5.27. The van der Waals surface area contributed by atoms with Gasteiger partial charge in [-0.2, -0.15) is 13.2 Å². The van der Waals surface area contributed by atoms with Gasteiger partial charge in [0.15, 0.2) is 0 Å². The fourth-order valence-corrected chi connectivity index (χ4v) is 6.84. The summed E-state index contributed by atoms with van der Waals surface area (Å²) in [4.78, 5) is 12.7. The van der Waals surface area contributed by atoms with Crippen molar-refractivity contribution in [3.8, 4) is 0 Å². The normalized spacial score (nSPS) is 32.3. The summed E-state index contributed by atoms with van der Waals surface area (Å²) in [7, 11) is -5.31. The van der Waals surface area contributed by atoms with Gasteiger partial charge in [-0.1, -0.05) is 19.8 Å². The fourth-order valence-electron chi connectivity index (χ4n) is 5.98. The van der Waals surface area contributed by atoms with Crippen molar-refractivity contribution in [1.82, 2.24) is 4.72 Å². The van der Waals surface area contributed by atoms with E-state index in [9.17, 15) is 26.4 Å². The number of rotatable bonds is 10. The van der Waals surface area contributed by atoms with Crippen LogP contribution in [0.25, 0.3) is 0 Å². The number of esters is 1. The second-order valence-electron chi connectivity index (χ2n) is 9.36. The Morgan fingerprint density at radius 2 is 1.62 bits per heavy atom. The van der Waals surface area contributed by atoms with Crippen molar-refractivity contribution >= 4 is 16.0 Å². The van der Waals surface area contributed by atoms with Crippen molar-refractivity contribution in [2.24, 2.45) is 23.2 Å². The highest BCUT2D eigenvalue weighted by molar-refractivity contribution is 7.90. The van der Waals surface area contributed by atoms with E-state index >= 15 is 0 Å². The van der Waals surface area contributed by atoms with Gasteiger partial charge in [-0.15, -0.1) is 0 Å². The molecule has 0 spiro atoms. The van der Waals surface area contributed by atoms with Crippen LogP contribution in [0.3, 0.4) is 0 Å². The average molecular weight is 440 g/mol. The minimum Gasteiger partial charge on any atom is -0.465 e. The van der Waals surface area contributed by atoms with Gasteiger partial charge < -0.3 is 4.74 Å². The first-order valence-corrected chi connectivity index (χ1v) is 12.3. The monoisotopic (exact) mass is 439 g/mol. The van der Waals surface area contributed by atoms with Crippen molar-refractivity contribution in [1.29, 1.82) is 0 Å². The quantitative estimate of drug-likeness (QED) is 0.401. The van der Waals surface area contributed by atoms with E-state index < -0.39 is 21.6 Å². The van der Waals surface area contributed by atoms with Crippen molar-refractivity contribution in [2.45, 2.75) is 89.1 Å². The lowest BCUT2D eigenvalue weighted by atomic mass is 9.49. The number of carbonyl (C=O) groups excluding carboxylic acids is 1. The molecule has 1 unspecified atom stereocenters. The zero-order valence-electron chi connectivity index (χ0n) is 17.0. The van der Waals surface area contributed by atoms with E-state index in [4.69, 9.17) is 4.74 Å². The summed E-state index contributed by atoms with van der Waals surface area (Å²) in [5, 5.41) is 0. The van der Waals surface area contributed by atoms with Gasteiger partial charge in [0, 0.05) is 6.04 Å². The summed E-state index contributed by atoms with van der Waals surface area (Å²) in [5.41, 5.74) is -5.55. The molecule has 4 bridgehead atoms. The van der Waals surface area contributed by atoms with E-state index in [1.165, 1.54) is 19.3 Å². The molecule has 29 heavy (non-hydrogen) atoms. The number of carbonyl (C=O) groups is 1. The van der Waals surface area contributed by atoms with Crippen LogP contribution in [-0.2, 0) is 19.6 Å². The Hall–Kier alpha value is -0.830. The lowest BCUT2D eigenvalue weighted by Crippen LogP contribution is -2.50. The zero-order chi connectivity index (χ0) is 21.3. The van der Waals surface area contributed by atoms with Gasteiger partial charge in [0.25, 0.3) is 0 Å². The Balaban J connectivity index is 1.34. The standard InChI is InChI=1S/C20H32F3NO4S/c1-2-17(24-29(26,27)20(21,22)23)6-4-3-5-7-28-18(25)19-11-14-8-15(12-19)10-16(9-14)13-19/h14-17,24H,2-13H2,1H3. The number of unbranched alkanes of at least 4 members (excludes halogenated alkanes) is 2. The maximum atomic E-state index is 12.7. The molecule has 0 amide bonds. The maximum Gasteiger partial charge on any atom is 0.511 e. The largest absolute Gasteiger partial charge is 0.511 e. The molecular formula is C20H32F3NO4S. The molecule has 0 saturated heterocycles. The van der Waals surface area contributed by atoms with Gasteiger partial charge in [-0.3, -0.25) is 4.79 Å². The first-order valence-electron chi connectivity index (χ1n) is 10.8. The Kier molecular flexibility index (Phi) is 6.88. The van der Waals surface area contributed by atoms with Gasteiger partial charge in [-0.05, 0) is 75.5 Å². The molecular weight excluding hydrogens is 407 g/mol. The van der Waals surface area contributed by atoms with E-state index in [2.05, 4.69) is 0 Å². The molecule has 0 aromatic rings. The predicted molar refractivity (Wildman–Crippen MR) is 102 cm³/mol. The molecule has 4 fully saturated rings. The van der Waals surface area contributed by atoms with Crippen LogP contribution in [0.2, 0.25) is 0 Å². The Morgan fingerprint density at radius 3 is 2.10 bits per heavy atom.